The molecule has 0 aromatic rings. The summed E-state index contributed by atoms with van der Waals surface area (Å²) < 4.78 is 10.4. The zero-order chi connectivity index (χ0) is 12.0. The second kappa shape index (κ2) is 6.66. The number of carbonyl (C=O) groups is 1. The van der Waals surface area contributed by atoms with Crippen LogP contribution in [-0.2, 0) is 14.3 Å². The zero-order valence-electron chi connectivity index (χ0n) is 10.2. The standard InChI is InChI=1S/C12H21NO3/c1-4-13(12(14)10(2)3)6-5-7-15-8-11-9-16-11/h11H,2,4-9H2,1,3H3. The molecule has 0 aromatic heterocycles. The van der Waals surface area contributed by atoms with Gasteiger partial charge in [-0.05, 0) is 20.3 Å². The number of amides is 1. The lowest BCUT2D eigenvalue weighted by molar-refractivity contribution is -0.127. The number of epoxide rings is 1. The lowest BCUT2D eigenvalue weighted by Gasteiger charge is -2.20. The van der Waals surface area contributed by atoms with E-state index in [1.165, 1.54) is 0 Å². The van der Waals surface area contributed by atoms with Crippen molar-refractivity contribution in [1.82, 2.24) is 4.90 Å². The minimum Gasteiger partial charge on any atom is -0.379 e. The van der Waals surface area contributed by atoms with Crippen LogP contribution < -0.4 is 0 Å². The Morgan fingerprint density at radius 2 is 2.31 bits per heavy atom. The van der Waals surface area contributed by atoms with E-state index in [4.69, 9.17) is 9.47 Å². The fourth-order valence-corrected chi connectivity index (χ4v) is 1.41. The molecule has 0 aliphatic carbocycles. The number of hydrogen-bond acceptors (Lipinski definition) is 3. The molecule has 0 aromatic carbocycles. The molecule has 1 amide bonds. The maximum absolute atomic E-state index is 11.6. The first-order valence-corrected chi connectivity index (χ1v) is 5.79. The van der Waals surface area contributed by atoms with Crippen molar-refractivity contribution in [2.75, 3.05) is 32.9 Å². The normalized spacial score (nSPS) is 18.2. The Bertz CT molecular complexity index is 249. The molecular formula is C12H21NO3. The average Bonchev–Trinajstić information content (AvgIpc) is 3.06. The van der Waals surface area contributed by atoms with Crippen molar-refractivity contribution in [2.45, 2.75) is 26.4 Å². The van der Waals surface area contributed by atoms with Crippen molar-refractivity contribution in [3.8, 4) is 0 Å². The molecule has 1 heterocycles. The lowest BCUT2D eigenvalue weighted by atomic mass is 10.3. The molecule has 1 aliphatic heterocycles. The Hall–Kier alpha value is -0.870. The molecule has 4 nitrogen and oxygen atoms in total. The van der Waals surface area contributed by atoms with Crippen LogP contribution in [0.3, 0.4) is 0 Å². The Morgan fingerprint density at radius 3 is 2.81 bits per heavy atom. The molecule has 4 heteroatoms. The van der Waals surface area contributed by atoms with Gasteiger partial charge >= 0.3 is 0 Å². The Balaban J connectivity index is 2.07. The van der Waals surface area contributed by atoms with Gasteiger partial charge in [-0.2, -0.15) is 0 Å². The molecule has 16 heavy (non-hydrogen) atoms. The van der Waals surface area contributed by atoms with Crippen LogP contribution in [0.2, 0.25) is 0 Å². The van der Waals surface area contributed by atoms with Crippen LogP contribution >= 0.6 is 0 Å². The maximum Gasteiger partial charge on any atom is 0.248 e. The van der Waals surface area contributed by atoms with Crippen LogP contribution in [0.15, 0.2) is 12.2 Å². The molecule has 92 valence electrons. The average molecular weight is 227 g/mol. The fourth-order valence-electron chi connectivity index (χ4n) is 1.41. The van der Waals surface area contributed by atoms with E-state index < -0.39 is 0 Å². The topological polar surface area (TPSA) is 42.1 Å². The number of carbonyl (C=O) groups excluding carboxylic acids is 1. The molecular weight excluding hydrogens is 206 g/mol. The van der Waals surface area contributed by atoms with Gasteiger partial charge in [0.2, 0.25) is 5.91 Å². The van der Waals surface area contributed by atoms with Crippen molar-refractivity contribution in [2.24, 2.45) is 0 Å². The van der Waals surface area contributed by atoms with Gasteiger partial charge < -0.3 is 14.4 Å². The van der Waals surface area contributed by atoms with Crippen LogP contribution in [0.25, 0.3) is 0 Å². The summed E-state index contributed by atoms with van der Waals surface area (Å²) in [6.45, 7) is 11.0. The summed E-state index contributed by atoms with van der Waals surface area (Å²) in [4.78, 5) is 13.4. The van der Waals surface area contributed by atoms with Crippen molar-refractivity contribution >= 4 is 5.91 Å². The monoisotopic (exact) mass is 227 g/mol. The minimum atomic E-state index is 0.0352. The minimum absolute atomic E-state index is 0.0352. The number of likely N-dealkylation sites (N-methyl/N-ethyl adjacent to an activating group) is 1. The van der Waals surface area contributed by atoms with Crippen LogP contribution in [0.5, 0.6) is 0 Å². The first-order valence-electron chi connectivity index (χ1n) is 5.79. The highest BCUT2D eigenvalue weighted by Crippen LogP contribution is 2.08. The van der Waals surface area contributed by atoms with Gasteiger partial charge in [0.05, 0.1) is 13.2 Å². The Labute approximate surface area is 97.2 Å². The van der Waals surface area contributed by atoms with E-state index in [1.54, 1.807) is 11.8 Å². The Kier molecular flexibility index (Phi) is 5.49. The van der Waals surface area contributed by atoms with Gasteiger partial charge in [0.1, 0.15) is 6.10 Å². The SMILES string of the molecule is C=C(C)C(=O)N(CC)CCCOCC1CO1. The van der Waals surface area contributed by atoms with Gasteiger partial charge in [-0.15, -0.1) is 0 Å². The van der Waals surface area contributed by atoms with E-state index in [0.717, 1.165) is 26.1 Å². The highest BCUT2D eigenvalue weighted by molar-refractivity contribution is 5.92. The van der Waals surface area contributed by atoms with E-state index in [1.807, 2.05) is 6.92 Å². The summed E-state index contributed by atoms with van der Waals surface area (Å²) >= 11 is 0. The first-order chi connectivity index (χ1) is 7.65. The van der Waals surface area contributed by atoms with Crippen LogP contribution in [0.4, 0.5) is 0 Å². The largest absolute Gasteiger partial charge is 0.379 e. The molecule has 0 bridgehead atoms. The van der Waals surface area contributed by atoms with Gasteiger partial charge in [0, 0.05) is 25.3 Å². The highest BCUT2D eigenvalue weighted by Gasteiger charge is 2.22. The van der Waals surface area contributed by atoms with E-state index >= 15 is 0 Å². The second-order valence-corrected chi connectivity index (χ2v) is 4.05. The summed E-state index contributed by atoms with van der Waals surface area (Å²) in [5.41, 5.74) is 0.592. The summed E-state index contributed by atoms with van der Waals surface area (Å²) in [6.07, 6.45) is 1.18. The van der Waals surface area contributed by atoms with Crippen LogP contribution in [-0.4, -0.2) is 49.8 Å². The summed E-state index contributed by atoms with van der Waals surface area (Å²) in [5.74, 6) is 0.0352. The second-order valence-electron chi connectivity index (χ2n) is 4.05. The fraction of sp³-hybridized carbons (Fsp3) is 0.750. The molecule has 1 unspecified atom stereocenters. The van der Waals surface area contributed by atoms with Crippen LogP contribution in [0.1, 0.15) is 20.3 Å². The molecule has 1 atom stereocenters. The molecule has 1 fully saturated rings. The highest BCUT2D eigenvalue weighted by atomic mass is 16.6. The first kappa shape index (κ1) is 13.2. The quantitative estimate of drug-likeness (QED) is 0.356. The summed E-state index contributed by atoms with van der Waals surface area (Å²) in [6, 6.07) is 0. The van der Waals surface area contributed by atoms with Gasteiger partial charge in [-0.25, -0.2) is 0 Å². The van der Waals surface area contributed by atoms with Crippen LogP contribution in [0, 0.1) is 0 Å². The summed E-state index contributed by atoms with van der Waals surface area (Å²) in [7, 11) is 0. The molecule has 1 saturated heterocycles. The van der Waals surface area contributed by atoms with Gasteiger partial charge in [0.15, 0.2) is 0 Å². The molecule has 1 rings (SSSR count). The molecule has 0 saturated carbocycles. The van der Waals surface area contributed by atoms with E-state index in [-0.39, 0.29) is 5.91 Å². The lowest BCUT2D eigenvalue weighted by Crippen LogP contribution is -2.32. The van der Waals surface area contributed by atoms with Crippen molar-refractivity contribution < 1.29 is 14.3 Å². The van der Waals surface area contributed by atoms with E-state index in [0.29, 0.717) is 24.9 Å². The van der Waals surface area contributed by atoms with Crippen molar-refractivity contribution in [1.29, 1.82) is 0 Å². The molecule has 0 radical (unpaired) electrons. The maximum atomic E-state index is 11.6. The number of nitrogens with zero attached hydrogens (tertiary/aromatic N) is 1. The van der Waals surface area contributed by atoms with Gasteiger partial charge in [-0.1, -0.05) is 6.58 Å². The third-order valence-corrected chi connectivity index (χ3v) is 2.46. The molecule has 0 N–H and O–H groups in total. The summed E-state index contributed by atoms with van der Waals surface area (Å²) in [5, 5.41) is 0. The smallest absolute Gasteiger partial charge is 0.248 e. The van der Waals surface area contributed by atoms with Crippen molar-refractivity contribution in [3.63, 3.8) is 0 Å². The molecule has 0 spiro atoms. The predicted molar refractivity (Wildman–Crippen MR) is 62.2 cm³/mol. The van der Waals surface area contributed by atoms with E-state index in [9.17, 15) is 4.79 Å². The third kappa shape index (κ3) is 4.77. The molecule has 1 aliphatic rings. The third-order valence-electron chi connectivity index (χ3n) is 2.46. The van der Waals surface area contributed by atoms with Gasteiger partial charge in [0.25, 0.3) is 0 Å². The Morgan fingerprint density at radius 1 is 1.62 bits per heavy atom. The zero-order valence-corrected chi connectivity index (χ0v) is 10.2. The number of hydrogen-bond donors (Lipinski definition) is 0. The predicted octanol–water partition coefficient (Wildman–Crippen LogP) is 1.22. The number of rotatable bonds is 8. The van der Waals surface area contributed by atoms with E-state index in [2.05, 4.69) is 6.58 Å². The number of ether oxygens (including phenoxy) is 2. The van der Waals surface area contributed by atoms with Crippen molar-refractivity contribution in [3.05, 3.63) is 12.2 Å². The van der Waals surface area contributed by atoms with Gasteiger partial charge in [-0.3, -0.25) is 4.79 Å².